The van der Waals surface area contributed by atoms with Crippen LogP contribution in [0.25, 0.3) is 11.1 Å². The van der Waals surface area contributed by atoms with Crippen LogP contribution in [0.4, 0.5) is 4.39 Å². The van der Waals surface area contributed by atoms with Crippen molar-refractivity contribution in [3.8, 4) is 16.9 Å². The summed E-state index contributed by atoms with van der Waals surface area (Å²) in [5, 5.41) is 0. The molecule has 0 fully saturated rings. The van der Waals surface area contributed by atoms with Gasteiger partial charge in [0.25, 0.3) is 0 Å². The number of hydrogen-bond donors (Lipinski definition) is 0. The molecular weight excluding hydrogens is 239 g/mol. The van der Waals surface area contributed by atoms with Crippen LogP contribution in [0.2, 0.25) is 0 Å². The monoisotopic (exact) mass is 258 g/mol. The van der Waals surface area contributed by atoms with E-state index in [2.05, 4.69) is 6.92 Å². The summed E-state index contributed by atoms with van der Waals surface area (Å²) in [7, 11) is 0. The Labute approximate surface area is 114 Å². The van der Waals surface area contributed by atoms with Gasteiger partial charge in [0, 0.05) is 11.6 Å². The van der Waals surface area contributed by atoms with E-state index in [0.717, 1.165) is 24.8 Å². The van der Waals surface area contributed by atoms with E-state index in [4.69, 9.17) is 4.74 Å². The van der Waals surface area contributed by atoms with Crippen molar-refractivity contribution in [2.75, 3.05) is 6.61 Å². The molecule has 0 amide bonds. The average Bonchev–Trinajstić information content (AvgIpc) is 2.45. The fourth-order valence-electron chi connectivity index (χ4n) is 1.98. The Morgan fingerprint density at radius 1 is 1.00 bits per heavy atom. The van der Waals surface area contributed by atoms with Gasteiger partial charge in [-0.3, -0.25) is 0 Å². The number of unbranched alkanes of at least 4 members (excludes halogenated alkanes) is 2. The topological polar surface area (TPSA) is 9.23 Å². The van der Waals surface area contributed by atoms with Crippen LogP contribution in [0.5, 0.6) is 5.75 Å². The summed E-state index contributed by atoms with van der Waals surface area (Å²) < 4.78 is 19.6. The first kappa shape index (κ1) is 13.6. The second-order valence-electron chi connectivity index (χ2n) is 4.56. The van der Waals surface area contributed by atoms with Crippen LogP contribution < -0.4 is 4.74 Å². The van der Waals surface area contributed by atoms with Crippen molar-refractivity contribution in [3.05, 3.63) is 54.3 Å². The van der Waals surface area contributed by atoms with Crippen molar-refractivity contribution >= 4 is 0 Å². The second kappa shape index (κ2) is 6.93. The lowest BCUT2D eigenvalue weighted by Crippen LogP contribution is -1.97. The van der Waals surface area contributed by atoms with Gasteiger partial charge in [0.05, 0.1) is 6.61 Å². The predicted octanol–water partition coefficient (Wildman–Crippen LogP) is 5.06. The van der Waals surface area contributed by atoms with Gasteiger partial charge in [-0.25, -0.2) is 4.39 Å². The quantitative estimate of drug-likeness (QED) is 0.658. The van der Waals surface area contributed by atoms with E-state index in [-0.39, 0.29) is 5.82 Å². The summed E-state index contributed by atoms with van der Waals surface area (Å²) in [5.74, 6) is 0.368. The van der Waals surface area contributed by atoms with E-state index < -0.39 is 0 Å². The third kappa shape index (κ3) is 3.82. The van der Waals surface area contributed by atoms with Crippen LogP contribution in [0.3, 0.4) is 0 Å². The molecule has 0 saturated carbocycles. The molecule has 2 rings (SSSR count). The minimum Gasteiger partial charge on any atom is -0.493 e. The van der Waals surface area contributed by atoms with Gasteiger partial charge in [0.15, 0.2) is 0 Å². The van der Waals surface area contributed by atoms with E-state index in [1.165, 1.54) is 6.07 Å². The predicted molar refractivity (Wildman–Crippen MR) is 76.9 cm³/mol. The molecule has 0 N–H and O–H groups in total. The van der Waals surface area contributed by atoms with Gasteiger partial charge in [-0.15, -0.1) is 0 Å². The molecule has 0 aliphatic heterocycles. The molecule has 2 heteroatoms. The van der Waals surface area contributed by atoms with Gasteiger partial charge >= 0.3 is 0 Å². The summed E-state index contributed by atoms with van der Waals surface area (Å²) >= 11 is 0. The molecule has 0 aliphatic carbocycles. The molecule has 1 nitrogen and oxygen atoms in total. The van der Waals surface area contributed by atoms with Crippen molar-refractivity contribution in [1.82, 2.24) is 0 Å². The lowest BCUT2D eigenvalue weighted by molar-refractivity contribution is 0.305. The largest absolute Gasteiger partial charge is 0.493 e. The third-order valence-electron chi connectivity index (χ3n) is 3.04. The molecular formula is C17H19FO. The Morgan fingerprint density at radius 2 is 1.79 bits per heavy atom. The first-order valence-electron chi connectivity index (χ1n) is 6.79. The normalized spacial score (nSPS) is 10.4. The number of benzene rings is 2. The van der Waals surface area contributed by atoms with Gasteiger partial charge in [0.2, 0.25) is 0 Å². The summed E-state index contributed by atoms with van der Waals surface area (Å²) in [5.41, 5.74) is 1.50. The summed E-state index contributed by atoms with van der Waals surface area (Å²) in [6.45, 7) is 2.80. The lowest BCUT2D eigenvalue weighted by Gasteiger charge is -2.08. The van der Waals surface area contributed by atoms with Gasteiger partial charge < -0.3 is 4.74 Å². The van der Waals surface area contributed by atoms with E-state index in [1.54, 1.807) is 6.07 Å². The summed E-state index contributed by atoms with van der Waals surface area (Å²) in [6, 6.07) is 14.6. The zero-order valence-corrected chi connectivity index (χ0v) is 11.2. The Morgan fingerprint density at radius 3 is 2.47 bits per heavy atom. The molecule has 100 valence electrons. The van der Waals surface area contributed by atoms with Crippen molar-refractivity contribution in [1.29, 1.82) is 0 Å². The molecule has 0 radical (unpaired) electrons. The highest BCUT2D eigenvalue weighted by atomic mass is 19.1. The highest BCUT2D eigenvalue weighted by Crippen LogP contribution is 2.26. The number of ether oxygens (including phenoxy) is 1. The first-order chi connectivity index (χ1) is 9.31. The SMILES string of the molecule is CCCCCOc1ccc(-c2ccccc2)c(F)c1. The van der Waals surface area contributed by atoms with Crippen LogP contribution in [-0.2, 0) is 0 Å². The maximum atomic E-state index is 14.0. The molecule has 0 saturated heterocycles. The Bertz CT molecular complexity index is 508. The molecule has 2 aromatic carbocycles. The Kier molecular flexibility index (Phi) is 4.96. The molecule has 0 aromatic heterocycles. The van der Waals surface area contributed by atoms with E-state index >= 15 is 0 Å². The highest BCUT2D eigenvalue weighted by molar-refractivity contribution is 5.64. The van der Waals surface area contributed by atoms with Crippen molar-refractivity contribution in [2.45, 2.75) is 26.2 Å². The molecule has 19 heavy (non-hydrogen) atoms. The summed E-state index contributed by atoms with van der Waals surface area (Å²) in [6.07, 6.45) is 3.31. The van der Waals surface area contributed by atoms with Gasteiger partial charge in [-0.1, -0.05) is 50.1 Å². The first-order valence-corrected chi connectivity index (χ1v) is 6.79. The Hall–Kier alpha value is -1.83. The van der Waals surface area contributed by atoms with Crippen molar-refractivity contribution in [2.24, 2.45) is 0 Å². The van der Waals surface area contributed by atoms with Gasteiger partial charge in [0.1, 0.15) is 11.6 Å². The van der Waals surface area contributed by atoms with Gasteiger partial charge in [-0.05, 0) is 24.1 Å². The van der Waals surface area contributed by atoms with Gasteiger partial charge in [-0.2, -0.15) is 0 Å². The molecule has 0 unspecified atom stereocenters. The molecule has 0 spiro atoms. The number of rotatable bonds is 6. The van der Waals surface area contributed by atoms with Crippen LogP contribution >= 0.6 is 0 Å². The number of hydrogen-bond acceptors (Lipinski definition) is 1. The minimum absolute atomic E-state index is 0.237. The molecule has 0 atom stereocenters. The molecule has 0 bridgehead atoms. The fraction of sp³-hybridized carbons (Fsp3) is 0.294. The highest BCUT2D eigenvalue weighted by Gasteiger charge is 2.06. The fourth-order valence-corrected chi connectivity index (χ4v) is 1.98. The third-order valence-corrected chi connectivity index (χ3v) is 3.04. The smallest absolute Gasteiger partial charge is 0.134 e. The lowest BCUT2D eigenvalue weighted by atomic mass is 10.1. The van der Waals surface area contributed by atoms with Crippen LogP contribution in [0, 0.1) is 5.82 Å². The number of halogens is 1. The van der Waals surface area contributed by atoms with E-state index in [9.17, 15) is 4.39 Å². The zero-order chi connectivity index (χ0) is 13.5. The van der Waals surface area contributed by atoms with E-state index in [0.29, 0.717) is 17.9 Å². The van der Waals surface area contributed by atoms with Crippen LogP contribution in [0.1, 0.15) is 26.2 Å². The van der Waals surface area contributed by atoms with E-state index in [1.807, 2.05) is 36.4 Å². The second-order valence-corrected chi connectivity index (χ2v) is 4.56. The maximum Gasteiger partial charge on any atom is 0.134 e. The van der Waals surface area contributed by atoms with Crippen LogP contribution in [0.15, 0.2) is 48.5 Å². The Balaban J connectivity index is 2.05. The maximum absolute atomic E-state index is 14.0. The minimum atomic E-state index is -0.237. The zero-order valence-electron chi connectivity index (χ0n) is 11.2. The van der Waals surface area contributed by atoms with Crippen LogP contribution in [-0.4, -0.2) is 6.61 Å². The molecule has 2 aromatic rings. The molecule has 0 heterocycles. The standard InChI is InChI=1S/C17H19FO/c1-2-3-7-12-19-15-10-11-16(17(18)13-15)14-8-5-4-6-9-14/h4-6,8-11,13H,2-3,7,12H2,1H3. The summed E-state index contributed by atoms with van der Waals surface area (Å²) in [4.78, 5) is 0. The average molecular weight is 258 g/mol. The van der Waals surface area contributed by atoms with Crippen molar-refractivity contribution in [3.63, 3.8) is 0 Å². The van der Waals surface area contributed by atoms with Crippen molar-refractivity contribution < 1.29 is 9.13 Å². The molecule has 0 aliphatic rings.